The standard InChI is InChI=1S/C20H31N3O8/c1-4-5-6-25-17-13(24)19(28-10-8-27-20(2,3)31-16(10)17)30-15-9-7-26-18-12(22-23-21)11(15)14(9)29-18/h9-19,24H,4-8H2,1-3H3/t9?,10?,11?,12?,13?,14?,15-,16-,17?,18-,19+/m1/s1. The maximum Gasteiger partial charge on any atom is 0.187 e. The molecule has 11 heteroatoms. The molecule has 0 aromatic rings. The van der Waals surface area contributed by atoms with Gasteiger partial charge in [0.05, 0.1) is 31.5 Å². The van der Waals surface area contributed by atoms with Gasteiger partial charge in [-0.3, -0.25) is 0 Å². The molecule has 0 amide bonds. The predicted molar refractivity (Wildman–Crippen MR) is 104 cm³/mol. The lowest BCUT2D eigenvalue weighted by Gasteiger charge is -2.53. The molecule has 5 fully saturated rings. The fourth-order valence-corrected chi connectivity index (χ4v) is 5.35. The molecule has 4 saturated heterocycles. The zero-order valence-corrected chi connectivity index (χ0v) is 18.0. The van der Waals surface area contributed by atoms with Gasteiger partial charge in [-0.05, 0) is 25.8 Å². The normalized spacial score (nSPS) is 49.6. The Labute approximate surface area is 180 Å². The fourth-order valence-electron chi connectivity index (χ4n) is 5.35. The van der Waals surface area contributed by atoms with Crippen LogP contribution in [0.15, 0.2) is 5.11 Å². The fraction of sp³-hybridized carbons (Fsp3) is 1.00. The van der Waals surface area contributed by atoms with Crippen molar-refractivity contribution in [3.05, 3.63) is 10.4 Å². The van der Waals surface area contributed by atoms with E-state index in [1.165, 1.54) is 0 Å². The molecule has 7 unspecified atom stereocenters. The van der Waals surface area contributed by atoms with Crippen LogP contribution in [-0.4, -0.2) is 86.0 Å². The number of aliphatic hydroxyl groups is 1. The summed E-state index contributed by atoms with van der Waals surface area (Å²) in [4.78, 5) is 2.95. The highest BCUT2D eigenvalue weighted by molar-refractivity contribution is 5.13. The Kier molecular flexibility index (Phi) is 5.91. The van der Waals surface area contributed by atoms with Crippen molar-refractivity contribution >= 4 is 0 Å². The Balaban J connectivity index is 1.32. The number of ether oxygens (including phenoxy) is 7. The summed E-state index contributed by atoms with van der Waals surface area (Å²) in [6.45, 7) is 7.04. The highest BCUT2D eigenvalue weighted by Crippen LogP contribution is 2.53. The molecule has 1 saturated carbocycles. The van der Waals surface area contributed by atoms with Crippen LogP contribution in [0.5, 0.6) is 0 Å². The molecule has 1 aliphatic carbocycles. The van der Waals surface area contributed by atoms with Crippen LogP contribution in [0.1, 0.15) is 33.6 Å². The van der Waals surface area contributed by atoms with Crippen molar-refractivity contribution in [2.45, 2.75) is 94.6 Å². The first kappa shape index (κ1) is 21.8. The van der Waals surface area contributed by atoms with E-state index in [-0.39, 0.29) is 24.0 Å². The van der Waals surface area contributed by atoms with Crippen molar-refractivity contribution < 1.29 is 38.3 Å². The molecule has 0 radical (unpaired) electrons. The molecule has 31 heavy (non-hydrogen) atoms. The van der Waals surface area contributed by atoms with Crippen molar-refractivity contribution in [1.29, 1.82) is 0 Å². The third-order valence-electron chi connectivity index (χ3n) is 6.93. The molecule has 0 aromatic carbocycles. The van der Waals surface area contributed by atoms with Crippen LogP contribution in [0.2, 0.25) is 0 Å². The van der Waals surface area contributed by atoms with Crippen molar-refractivity contribution in [2.75, 3.05) is 19.8 Å². The van der Waals surface area contributed by atoms with Crippen LogP contribution in [0.3, 0.4) is 0 Å². The second-order valence-electron chi connectivity index (χ2n) is 9.36. The van der Waals surface area contributed by atoms with E-state index in [1.54, 1.807) is 0 Å². The summed E-state index contributed by atoms with van der Waals surface area (Å²) in [5, 5.41) is 15.0. The minimum atomic E-state index is -1.04. The van der Waals surface area contributed by atoms with Gasteiger partial charge in [-0.2, -0.15) is 0 Å². The van der Waals surface area contributed by atoms with Crippen molar-refractivity contribution in [1.82, 2.24) is 0 Å². The van der Waals surface area contributed by atoms with E-state index in [1.807, 2.05) is 13.8 Å². The monoisotopic (exact) mass is 441 g/mol. The molecule has 5 aliphatic rings. The van der Waals surface area contributed by atoms with E-state index >= 15 is 0 Å². The van der Waals surface area contributed by atoms with E-state index in [0.717, 1.165) is 12.8 Å². The molecule has 4 aliphatic heterocycles. The lowest BCUT2D eigenvalue weighted by molar-refractivity contribution is -0.399. The summed E-state index contributed by atoms with van der Waals surface area (Å²) in [7, 11) is 0. The van der Waals surface area contributed by atoms with Crippen LogP contribution in [-0.2, 0) is 33.2 Å². The Morgan fingerprint density at radius 2 is 2.03 bits per heavy atom. The first-order valence-electron chi connectivity index (χ1n) is 11.2. The second-order valence-corrected chi connectivity index (χ2v) is 9.36. The average molecular weight is 441 g/mol. The largest absolute Gasteiger partial charge is 0.385 e. The van der Waals surface area contributed by atoms with Crippen molar-refractivity contribution in [2.24, 2.45) is 17.0 Å². The molecular weight excluding hydrogens is 410 g/mol. The van der Waals surface area contributed by atoms with E-state index in [0.29, 0.717) is 19.8 Å². The number of hydrogen-bond donors (Lipinski definition) is 1. The highest BCUT2D eigenvalue weighted by Gasteiger charge is 2.66. The van der Waals surface area contributed by atoms with Crippen LogP contribution in [0.4, 0.5) is 0 Å². The molecule has 11 atom stereocenters. The van der Waals surface area contributed by atoms with Gasteiger partial charge in [-0.15, -0.1) is 0 Å². The smallest absolute Gasteiger partial charge is 0.187 e. The molecule has 2 bridgehead atoms. The topological polar surface area (TPSA) is 134 Å². The maximum absolute atomic E-state index is 11.1. The number of azide groups is 1. The third kappa shape index (κ3) is 3.76. The maximum atomic E-state index is 11.1. The van der Waals surface area contributed by atoms with Crippen LogP contribution >= 0.6 is 0 Å². The lowest BCUT2D eigenvalue weighted by Crippen LogP contribution is -2.67. The molecule has 5 rings (SSSR count). The van der Waals surface area contributed by atoms with Gasteiger partial charge in [-0.1, -0.05) is 18.5 Å². The van der Waals surface area contributed by atoms with Gasteiger partial charge < -0.3 is 38.3 Å². The van der Waals surface area contributed by atoms with E-state index in [4.69, 9.17) is 38.7 Å². The summed E-state index contributed by atoms with van der Waals surface area (Å²) in [5.41, 5.74) is 8.94. The molecule has 11 nitrogen and oxygen atoms in total. The summed E-state index contributed by atoms with van der Waals surface area (Å²) >= 11 is 0. The van der Waals surface area contributed by atoms with Crippen LogP contribution in [0, 0.1) is 11.8 Å². The Morgan fingerprint density at radius 1 is 1.19 bits per heavy atom. The van der Waals surface area contributed by atoms with Crippen LogP contribution in [0.25, 0.3) is 10.4 Å². The highest BCUT2D eigenvalue weighted by atomic mass is 16.8. The van der Waals surface area contributed by atoms with Gasteiger partial charge in [-0.25, -0.2) is 0 Å². The summed E-state index contributed by atoms with van der Waals surface area (Å²) in [6, 6.07) is -0.453. The SMILES string of the molecule is CCCCOC1C(O)[C@H](O[C@@H]2C3CO[C@@H]4OC3C2C4N=[N+]=[N-])OC2COC(C)(C)O[C@H]21. The van der Waals surface area contributed by atoms with Gasteiger partial charge in [0, 0.05) is 23.4 Å². The van der Waals surface area contributed by atoms with Crippen LogP contribution < -0.4 is 0 Å². The first-order chi connectivity index (χ1) is 14.9. The van der Waals surface area contributed by atoms with E-state index in [2.05, 4.69) is 16.9 Å². The first-order valence-corrected chi connectivity index (χ1v) is 11.2. The zero-order chi connectivity index (χ0) is 21.8. The lowest BCUT2D eigenvalue weighted by atomic mass is 9.68. The number of nitrogens with zero attached hydrogens (tertiary/aromatic N) is 3. The average Bonchev–Trinajstić information content (AvgIpc) is 2.85. The molecular formula is C20H31N3O8. The minimum absolute atomic E-state index is 0.00548. The summed E-state index contributed by atoms with van der Waals surface area (Å²) in [6.07, 6.45) is -2.49. The molecule has 0 aromatic heterocycles. The number of rotatable bonds is 7. The molecule has 4 heterocycles. The number of aliphatic hydroxyl groups excluding tert-OH is 1. The van der Waals surface area contributed by atoms with Crippen molar-refractivity contribution in [3.63, 3.8) is 0 Å². The summed E-state index contributed by atoms with van der Waals surface area (Å²) in [5.74, 6) is -0.907. The molecule has 174 valence electrons. The Hall–Kier alpha value is -1.01. The van der Waals surface area contributed by atoms with Gasteiger partial charge in [0.25, 0.3) is 0 Å². The minimum Gasteiger partial charge on any atom is -0.385 e. The zero-order valence-electron chi connectivity index (χ0n) is 18.0. The second kappa shape index (κ2) is 8.40. The number of unbranched alkanes of at least 4 members (excludes halogenated alkanes) is 1. The summed E-state index contributed by atoms with van der Waals surface area (Å²) < 4.78 is 41.8. The van der Waals surface area contributed by atoms with Crippen molar-refractivity contribution in [3.8, 4) is 0 Å². The Bertz CT molecular complexity index is 719. The van der Waals surface area contributed by atoms with E-state index < -0.39 is 48.8 Å². The molecule has 0 spiro atoms. The predicted octanol–water partition coefficient (Wildman–Crippen LogP) is 1.47. The third-order valence-corrected chi connectivity index (χ3v) is 6.93. The number of hydrogen-bond acceptors (Lipinski definition) is 9. The van der Waals surface area contributed by atoms with Gasteiger partial charge in [0.2, 0.25) is 0 Å². The van der Waals surface area contributed by atoms with Gasteiger partial charge in [0.1, 0.15) is 24.4 Å². The van der Waals surface area contributed by atoms with E-state index in [9.17, 15) is 5.11 Å². The quantitative estimate of drug-likeness (QED) is 0.272. The Morgan fingerprint density at radius 3 is 2.81 bits per heavy atom. The van der Waals surface area contributed by atoms with Gasteiger partial charge in [0.15, 0.2) is 18.4 Å². The van der Waals surface area contributed by atoms with Gasteiger partial charge >= 0.3 is 0 Å². The number of fused-ring (bicyclic) bond motifs is 2. The molecule has 1 N–H and O–H groups in total.